The Hall–Kier alpha value is -3.60. The molecule has 0 aliphatic carbocycles. The number of benzene rings is 1. The van der Waals surface area contributed by atoms with Crippen molar-refractivity contribution < 1.29 is 37.4 Å². The molecule has 0 saturated carbocycles. The van der Waals surface area contributed by atoms with E-state index in [1.165, 1.54) is 69.2 Å². The molecular formula is C35H50FN6O7P. The first kappa shape index (κ1) is 39.2. The smallest absolute Gasteiger partial charge is 0.459 e. The lowest BCUT2D eigenvalue weighted by molar-refractivity contribution is -0.145. The topological polar surface area (TPSA) is 173 Å². The highest BCUT2D eigenvalue weighted by molar-refractivity contribution is 7.52. The Kier molecular flexibility index (Phi) is 15.0. The van der Waals surface area contributed by atoms with E-state index < -0.39 is 50.4 Å². The number of nitrogen functional groups attached to an aromatic ring is 1. The van der Waals surface area contributed by atoms with E-state index in [1.54, 1.807) is 30.3 Å². The lowest BCUT2D eigenvalue weighted by atomic mass is 9.99. The van der Waals surface area contributed by atoms with E-state index in [-0.39, 0.29) is 35.8 Å². The molecule has 0 bridgehead atoms. The lowest BCUT2D eigenvalue weighted by Crippen LogP contribution is -2.43. The highest BCUT2D eigenvalue weighted by atomic mass is 31.2. The van der Waals surface area contributed by atoms with Crippen molar-refractivity contribution in [3.05, 3.63) is 42.7 Å². The number of unbranched alkanes of at least 4 members (excludes halogenated alkanes) is 11. The number of carbonyl (C=O) groups excluding carboxylic acids is 1. The molecule has 0 amide bonds. The zero-order valence-corrected chi connectivity index (χ0v) is 29.9. The summed E-state index contributed by atoms with van der Waals surface area (Å²) < 4.78 is 52.5. The highest BCUT2D eigenvalue weighted by Crippen LogP contribution is 2.48. The van der Waals surface area contributed by atoms with Crippen LogP contribution in [0.1, 0.15) is 104 Å². The van der Waals surface area contributed by atoms with Crippen LogP contribution in [0.4, 0.5) is 10.2 Å². The number of hydrogen-bond donors (Lipinski definition) is 3. The van der Waals surface area contributed by atoms with E-state index in [2.05, 4.69) is 32.9 Å². The number of aliphatic hydroxyl groups excluding tert-OH is 1. The summed E-state index contributed by atoms with van der Waals surface area (Å²) in [6.45, 7) is 3.35. The van der Waals surface area contributed by atoms with Gasteiger partial charge in [-0.2, -0.15) is 19.4 Å². The van der Waals surface area contributed by atoms with E-state index in [0.717, 1.165) is 25.7 Å². The van der Waals surface area contributed by atoms with Gasteiger partial charge in [0.2, 0.25) is 0 Å². The number of carbonyl (C=O) groups is 1. The fraction of sp³-hybridized carbons (Fsp3) is 0.600. The molecule has 1 unspecified atom stereocenters. The molecule has 15 heteroatoms. The number of aromatic nitrogens is 4. The van der Waals surface area contributed by atoms with Crippen LogP contribution in [0.5, 0.6) is 5.75 Å². The van der Waals surface area contributed by atoms with Crippen LogP contribution in [0.3, 0.4) is 0 Å². The maximum Gasteiger partial charge on any atom is 0.459 e. The number of nitrogens with zero attached hydrogens (tertiary/aromatic N) is 4. The Bertz CT molecular complexity index is 1610. The summed E-state index contributed by atoms with van der Waals surface area (Å²) in [6, 6.07) is 7.17. The average molecular weight is 717 g/mol. The number of nitrogens with one attached hydrogen (secondary N) is 1. The minimum Gasteiger partial charge on any atom is -0.465 e. The number of halogens is 1. The second-order valence-corrected chi connectivity index (χ2v) is 14.3. The molecule has 1 fully saturated rings. The van der Waals surface area contributed by atoms with Gasteiger partial charge in [0.25, 0.3) is 0 Å². The summed E-state index contributed by atoms with van der Waals surface area (Å²) in [7, 11) is -4.33. The van der Waals surface area contributed by atoms with E-state index in [9.17, 15) is 18.9 Å². The van der Waals surface area contributed by atoms with Gasteiger partial charge in [-0.1, -0.05) is 102 Å². The lowest BCUT2D eigenvalue weighted by Gasteiger charge is -2.29. The van der Waals surface area contributed by atoms with Crippen LogP contribution in [0.15, 0.2) is 36.7 Å². The molecule has 1 aliphatic heterocycles. The zero-order valence-electron chi connectivity index (χ0n) is 29.0. The van der Waals surface area contributed by atoms with Crippen LogP contribution in [-0.4, -0.2) is 61.6 Å². The van der Waals surface area contributed by atoms with E-state index in [0.29, 0.717) is 0 Å². The molecule has 274 valence electrons. The molecule has 3 heterocycles. The number of nitrogens with two attached hydrogens (primary N) is 1. The first-order valence-electron chi connectivity index (χ1n) is 17.5. The molecule has 50 heavy (non-hydrogen) atoms. The fourth-order valence-electron chi connectivity index (χ4n) is 5.77. The first-order valence-corrected chi connectivity index (χ1v) is 19.1. The molecule has 5 atom stereocenters. The van der Waals surface area contributed by atoms with Gasteiger partial charge in [0, 0.05) is 6.42 Å². The third-order valence-electron chi connectivity index (χ3n) is 8.65. The molecule has 0 spiro atoms. The second-order valence-electron chi connectivity index (χ2n) is 12.6. The van der Waals surface area contributed by atoms with Crippen molar-refractivity contribution in [1.29, 1.82) is 0 Å². The van der Waals surface area contributed by atoms with Gasteiger partial charge in [0.1, 0.15) is 30.7 Å². The van der Waals surface area contributed by atoms with Crippen LogP contribution in [-0.2, 0) is 23.4 Å². The van der Waals surface area contributed by atoms with Crippen molar-refractivity contribution in [2.75, 3.05) is 18.9 Å². The maximum atomic E-state index is 14.1. The number of para-hydroxylation sites is 1. The fourth-order valence-corrected chi connectivity index (χ4v) is 7.29. The molecule has 1 aliphatic rings. The highest BCUT2D eigenvalue weighted by Gasteiger charge is 2.50. The third-order valence-corrected chi connectivity index (χ3v) is 10.3. The van der Waals surface area contributed by atoms with E-state index >= 15 is 0 Å². The summed E-state index contributed by atoms with van der Waals surface area (Å²) in [5.74, 6) is 1.82. The van der Waals surface area contributed by atoms with Gasteiger partial charge < -0.3 is 24.8 Å². The number of ether oxygens (including phenoxy) is 2. The molecule has 3 aromatic rings. The van der Waals surface area contributed by atoms with Gasteiger partial charge >= 0.3 is 19.8 Å². The van der Waals surface area contributed by atoms with Crippen LogP contribution in [0.25, 0.3) is 11.2 Å². The van der Waals surface area contributed by atoms with E-state index in [4.69, 9.17) is 30.7 Å². The summed E-state index contributed by atoms with van der Waals surface area (Å²) in [5, 5.41) is 13.7. The molecule has 13 nitrogen and oxygen atoms in total. The molecule has 1 aromatic carbocycles. The van der Waals surface area contributed by atoms with Crippen LogP contribution >= 0.6 is 7.75 Å². The number of terminal acetylenes is 1. The van der Waals surface area contributed by atoms with Gasteiger partial charge in [0.15, 0.2) is 22.6 Å². The van der Waals surface area contributed by atoms with Crippen LogP contribution in [0.2, 0.25) is 0 Å². The number of hydrogen-bond acceptors (Lipinski definition) is 11. The Labute approximate surface area is 293 Å². The molecule has 1 saturated heterocycles. The quantitative estimate of drug-likeness (QED) is 0.0334. The summed E-state index contributed by atoms with van der Waals surface area (Å²) in [6.07, 6.45) is 18.0. The zero-order chi connectivity index (χ0) is 36.0. The predicted molar refractivity (Wildman–Crippen MR) is 187 cm³/mol. The Morgan fingerprint density at radius 2 is 1.78 bits per heavy atom. The summed E-state index contributed by atoms with van der Waals surface area (Å²) in [5.41, 5.74) is 4.15. The first-order chi connectivity index (χ1) is 24.1. The molecule has 0 radical (unpaired) electrons. The van der Waals surface area contributed by atoms with Crippen LogP contribution < -0.4 is 15.3 Å². The molecule has 4 N–H and O–H groups in total. The van der Waals surface area contributed by atoms with Crippen molar-refractivity contribution in [3.63, 3.8) is 0 Å². The van der Waals surface area contributed by atoms with Gasteiger partial charge in [-0.05, 0) is 25.5 Å². The number of aliphatic hydroxyl groups is 1. The van der Waals surface area contributed by atoms with Crippen molar-refractivity contribution in [1.82, 2.24) is 24.6 Å². The number of esters is 1. The van der Waals surface area contributed by atoms with Crippen molar-refractivity contribution in [2.45, 2.75) is 121 Å². The maximum absolute atomic E-state index is 14.1. The third kappa shape index (κ3) is 10.9. The Balaban J connectivity index is 1.30. The monoisotopic (exact) mass is 716 g/mol. The summed E-state index contributed by atoms with van der Waals surface area (Å²) in [4.78, 5) is 24.2. The minimum absolute atomic E-state index is 0.0384. The Morgan fingerprint density at radius 3 is 2.42 bits per heavy atom. The molecular weight excluding hydrogens is 666 g/mol. The van der Waals surface area contributed by atoms with Gasteiger partial charge in [-0.3, -0.25) is 13.9 Å². The largest absolute Gasteiger partial charge is 0.465 e. The standard InChI is InChI=1S/C35H50FN6O7P/c1-4-6-7-8-9-10-11-12-13-14-15-19-22-46-33(44)26(3)41-50(45,49-27-20-17-16-18-21-27)47-24-35(5-2)28(43)23-29(48-35)42-25-38-30-31(37)39-34(36)40-32(30)42/h2,16-18,20-21,25-26,28-29,43H,4,6-15,19,22-24H2,1,3H3,(H,41,45)(H2,37,39,40)/t26-,28-,29+,35+,50?/m0/s1. The van der Waals surface area contributed by atoms with Crippen molar-refractivity contribution in [2.24, 2.45) is 0 Å². The number of rotatable bonds is 22. The second kappa shape index (κ2) is 19.1. The Morgan fingerprint density at radius 1 is 1.14 bits per heavy atom. The average Bonchev–Trinajstić information content (AvgIpc) is 3.67. The van der Waals surface area contributed by atoms with Gasteiger partial charge in [-0.15, -0.1) is 6.42 Å². The number of fused-ring (bicyclic) bond motifs is 1. The van der Waals surface area contributed by atoms with E-state index in [1.807, 2.05) is 0 Å². The summed E-state index contributed by atoms with van der Waals surface area (Å²) >= 11 is 0. The minimum atomic E-state index is -4.33. The number of imidazole rings is 1. The SMILES string of the molecule is C#C[C@]1(COP(=O)(N[C@@H](C)C(=O)OCCCCCCCCCCCCCC)Oc2ccccc2)O[C@@H](n2cnc3c(N)nc(F)nc32)C[C@@H]1O. The molecule has 2 aromatic heterocycles. The number of anilines is 1. The van der Waals surface area contributed by atoms with Crippen LogP contribution in [0, 0.1) is 18.4 Å². The molecule has 4 rings (SSSR count). The van der Waals surface area contributed by atoms with Crippen molar-refractivity contribution in [3.8, 4) is 18.1 Å². The van der Waals surface area contributed by atoms with Gasteiger partial charge in [0.05, 0.1) is 12.9 Å². The predicted octanol–water partition coefficient (Wildman–Crippen LogP) is 6.63. The normalized spacial score (nSPS) is 20.7. The van der Waals surface area contributed by atoms with Gasteiger partial charge in [-0.25, -0.2) is 9.55 Å². The van der Waals surface area contributed by atoms with Crippen molar-refractivity contribution >= 4 is 30.7 Å².